The van der Waals surface area contributed by atoms with Gasteiger partial charge >= 0.3 is 11.9 Å². The van der Waals surface area contributed by atoms with E-state index in [1.807, 2.05) is 33.8 Å². The third-order valence-electron chi connectivity index (χ3n) is 6.63. The number of hydrogen-bond donors (Lipinski definition) is 0. The topological polar surface area (TPSA) is 78.9 Å². The lowest BCUT2D eigenvalue weighted by molar-refractivity contribution is -0.148. The highest BCUT2D eigenvalue weighted by Crippen LogP contribution is 2.46. The molecule has 0 aromatic rings. The second kappa shape index (κ2) is 11.8. The van der Waals surface area contributed by atoms with Gasteiger partial charge in [-0.15, -0.1) is 0 Å². The average molecular weight is 449 g/mol. The standard InChI is InChI=1S/C26H40O6/c1-17(2)13-14-26(4,5)24(28)12-11-20-21-15-19(9-7-8-10-25(29)30-6)32-23(21)16-22(20)31-18(3)27/h11-13,19-23H,7-10,14-16H2,1-6H3/t19-,20-,21-,22-,23+/m1/s1. The predicted molar refractivity (Wildman–Crippen MR) is 123 cm³/mol. The monoisotopic (exact) mass is 448 g/mol. The molecular weight excluding hydrogens is 408 g/mol. The fourth-order valence-corrected chi connectivity index (χ4v) is 4.68. The summed E-state index contributed by atoms with van der Waals surface area (Å²) in [4.78, 5) is 35.8. The van der Waals surface area contributed by atoms with Crippen molar-refractivity contribution in [2.45, 2.75) is 97.9 Å². The number of hydrogen-bond acceptors (Lipinski definition) is 6. The van der Waals surface area contributed by atoms with Gasteiger partial charge in [0, 0.05) is 31.1 Å². The Labute approximate surface area is 192 Å². The summed E-state index contributed by atoms with van der Waals surface area (Å²) in [7, 11) is 1.41. The molecular formula is C26H40O6. The Balaban J connectivity index is 2.00. The molecule has 2 rings (SSSR count). The molecule has 2 aliphatic rings. The number of ether oxygens (including phenoxy) is 3. The third-order valence-corrected chi connectivity index (χ3v) is 6.63. The van der Waals surface area contributed by atoms with Crippen molar-refractivity contribution in [2.24, 2.45) is 17.3 Å². The number of esters is 2. The Morgan fingerprint density at radius 1 is 1.09 bits per heavy atom. The van der Waals surface area contributed by atoms with E-state index in [9.17, 15) is 14.4 Å². The van der Waals surface area contributed by atoms with Crippen LogP contribution in [0.4, 0.5) is 0 Å². The van der Waals surface area contributed by atoms with Crippen LogP contribution in [-0.2, 0) is 28.6 Å². The molecule has 6 heteroatoms. The van der Waals surface area contributed by atoms with Gasteiger partial charge in [-0.3, -0.25) is 14.4 Å². The first-order chi connectivity index (χ1) is 15.0. The van der Waals surface area contributed by atoms with Gasteiger partial charge in [0.05, 0.1) is 19.3 Å². The van der Waals surface area contributed by atoms with E-state index in [2.05, 4.69) is 10.8 Å². The third kappa shape index (κ3) is 7.58. The molecule has 0 N–H and O–H groups in total. The van der Waals surface area contributed by atoms with Gasteiger partial charge in [0.2, 0.25) is 0 Å². The van der Waals surface area contributed by atoms with E-state index in [0.717, 1.165) is 25.7 Å². The van der Waals surface area contributed by atoms with E-state index < -0.39 is 5.41 Å². The molecule has 0 bridgehead atoms. The van der Waals surface area contributed by atoms with Crippen molar-refractivity contribution >= 4 is 17.7 Å². The SMILES string of the molecule is COC(=O)CCCC[C@@H]1C[C@@H]2[C@@H](C=CC(=O)C(C)(C)CC=C(C)C)[C@H](OC(C)=O)C[C@@H]2O1. The van der Waals surface area contributed by atoms with E-state index in [1.54, 1.807) is 6.08 Å². The highest BCUT2D eigenvalue weighted by molar-refractivity contribution is 5.94. The van der Waals surface area contributed by atoms with Crippen molar-refractivity contribution < 1.29 is 28.6 Å². The molecule has 0 amide bonds. The lowest BCUT2D eigenvalue weighted by atomic mass is 9.82. The van der Waals surface area contributed by atoms with Crippen molar-refractivity contribution in [2.75, 3.05) is 7.11 Å². The summed E-state index contributed by atoms with van der Waals surface area (Å²) in [6, 6.07) is 0. The van der Waals surface area contributed by atoms with Crippen molar-refractivity contribution in [3.8, 4) is 0 Å². The zero-order valence-corrected chi connectivity index (χ0v) is 20.5. The Morgan fingerprint density at radius 3 is 2.44 bits per heavy atom. The van der Waals surface area contributed by atoms with Gasteiger partial charge in [0.1, 0.15) is 6.10 Å². The van der Waals surface area contributed by atoms with Crippen molar-refractivity contribution in [1.82, 2.24) is 0 Å². The molecule has 180 valence electrons. The first kappa shape index (κ1) is 26.3. The minimum absolute atomic E-state index is 0.0211. The van der Waals surface area contributed by atoms with E-state index in [0.29, 0.717) is 19.3 Å². The second-order valence-corrected chi connectivity index (χ2v) is 10.1. The molecule has 0 spiro atoms. The lowest BCUT2D eigenvalue weighted by Gasteiger charge is -2.23. The lowest BCUT2D eigenvalue weighted by Crippen LogP contribution is -2.26. The number of allylic oxidation sites excluding steroid dienone is 3. The first-order valence-electron chi connectivity index (χ1n) is 11.8. The van der Waals surface area contributed by atoms with Crippen LogP contribution in [0.2, 0.25) is 0 Å². The Kier molecular flexibility index (Phi) is 9.68. The molecule has 0 aromatic carbocycles. The smallest absolute Gasteiger partial charge is 0.305 e. The summed E-state index contributed by atoms with van der Waals surface area (Å²) in [6.45, 7) is 9.41. The summed E-state index contributed by atoms with van der Waals surface area (Å²) in [6.07, 6.45) is 10.9. The maximum absolute atomic E-state index is 12.9. The molecule has 1 saturated heterocycles. The molecule has 6 nitrogen and oxygen atoms in total. The number of carbonyl (C=O) groups excluding carboxylic acids is 3. The molecule has 1 aliphatic carbocycles. The number of rotatable bonds is 11. The minimum Gasteiger partial charge on any atom is -0.469 e. The zero-order valence-electron chi connectivity index (χ0n) is 20.5. The van der Waals surface area contributed by atoms with Gasteiger partial charge in [-0.1, -0.05) is 38.0 Å². The number of fused-ring (bicyclic) bond motifs is 1. The summed E-state index contributed by atoms with van der Waals surface area (Å²) >= 11 is 0. The maximum Gasteiger partial charge on any atom is 0.305 e. The summed E-state index contributed by atoms with van der Waals surface area (Å²) in [5.41, 5.74) is 0.723. The average Bonchev–Trinajstić information content (AvgIpc) is 3.24. The van der Waals surface area contributed by atoms with Gasteiger partial charge in [-0.05, 0) is 51.5 Å². The number of ketones is 1. The fraction of sp³-hybridized carbons (Fsp3) is 0.731. The summed E-state index contributed by atoms with van der Waals surface area (Å²) in [5, 5.41) is 0. The molecule has 0 unspecified atom stereocenters. The van der Waals surface area contributed by atoms with E-state index in [1.165, 1.54) is 19.6 Å². The van der Waals surface area contributed by atoms with Crippen LogP contribution in [0.25, 0.3) is 0 Å². The zero-order chi connectivity index (χ0) is 23.9. The van der Waals surface area contributed by atoms with Gasteiger partial charge in [-0.2, -0.15) is 0 Å². The molecule has 1 heterocycles. The molecule has 1 saturated carbocycles. The normalized spacial score (nSPS) is 27.2. The number of unbranched alkanes of at least 4 members (excludes halogenated alkanes) is 1. The van der Waals surface area contributed by atoms with Crippen LogP contribution < -0.4 is 0 Å². The van der Waals surface area contributed by atoms with Crippen LogP contribution in [0.5, 0.6) is 0 Å². The highest BCUT2D eigenvalue weighted by Gasteiger charge is 2.49. The van der Waals surface area contributed by atoms with Gasteiger partial charge in [0.25, 0.3) is 0 Å². The highest BCUT2D eigenvalue weighted by atomic mass is 16.6. The quantitative estimate of drug-likeness (QED) is 0.193. The maximum atomic E-state index is 12.9. The summed E-state index contributed by atoms with van der Waals surface area (Å²) in [5.74, 6) is -0.191. The van der Waals surface area contributed by atoms with Gasteiger partial charge in [0.15, 0.2) is 5.78 Å². The molecule has 1 aliphatic heterocycles. The molecule has 0 aromatic heterocycles. The van der Waals surface area contributed by atoms with E-state index >= 15 is 0 Å². The van der Waals surface area contributed by atoms with E-state index in [4.69, 9.17) is 9.47 Å². The largest absolute Gasteiger partial charge is 0.469 e. The van der Waals surface area contributed by atoms with Crippen LogP contribution in [0.1, 0.15) is 79.6 Å². The van der Waals surface area contributed by atoms with Crippen molar-refractivity contribution in [3.63, 3.8) is 0 Å². The number of carbonyl (C=O) groups is 3. The van der Waals surface area contributed by atoms with Gasteiger partial charge < -0.3 is 14.2 Å². The number of methoxy groups -OCH3 is 1. The Hall–Kier alpha value is -1.95. The van der Waals surface area contributed by atoms with Gasteiger partial charge in [-0.25, -0.2) is 0 Å². The van der Waals surface area contributed by atoms with E-state index in [-0.39, 0.29) is 47.9 Å². The predicted octanol–water partition coefficient (Wildman–Crippen LogP) is 4.95. The molecule has 32 heavy (non-hydrogen) atoms. The summed E-state index contributed by atoms with van der Waals surface area (Å²) < 4.78 is 16.5. The van der Waals surface area contributed by atoms with Crippen molar-refractivity contribution in [3.05, 3.63) is 23.8 Å². The first-order valence-corrected chi connectivity index (χ1v) is 11.8. The van der Waals surface area contributed by atoms with Crippen LogP contribution in [0.3, 0.4) is 0 Å². The Bertz CT molecular complexity index is 731. The van der Waals surface area contributed by atoms with Crippen LogP contribution in [0, 0.1) is 17.3 Å². The fourth-order valence-electron chi connectivity index (χ4n) is 4.68. The van der Waals surface area contributed by atoms with Crippen molar-refractivity contribution in [1.29, 1.82) is 0 Å². The van der Waals surface area contributed by atoms with Crippen LogP contribution in [-0.4, -0.2) is 43.1 Å². The molecule has 2 fully saturated rings. The van der Waals surface area contributed by atoms with Crippen LogP contribution in [0.15, 0.2) is 23.8 Å². The molecule has 0 radical (unpaired) electrons. The molecule has 5 atom stereocenters. The second-order valence-electron chi connectivity index (χ2n) is 10.1. The Morgan fingerprint density at radius 2 is 1.81 bits per heavy atom. The van der Waals surface area contributed by atoms with Crippen LogP contribution >= 0.6 is 0 Å². The minimum atomic E-state index is -0.475.